The first-order chi connectivity index (χ1) is 17.4. The van der Waals surface area contributed by atoms with Crippen molar-refractivity contribution in [2.24, 2.45) is 0 Å². The number of rotatable bonds is 2. The maximum atomic E-state index is 3.68. The van der Waals surface area contributed by atoms with E-state index in [0.717, 1.165) is 4.47 Å². The highest BCUT2D eigenvalue weighted by Gasteiger charge is 2.35. The van der Waals surface area contributed by atoms with Crippen molar-refractivity contribution in [2.45, 2.75) is 26.2 Å². The van der Waals surface area contributed by atoms with Gasteiger partial charge in [-0.05, 0) is 88.8 Å². The second-order valence-electron chi connectivity index (χ2n) is 10.5. The lowest BCUT2D eigenvalue weighted by Gasteiger charge is -2.22. The second kappa shape index (κ2) is 7.69. The first-order valence-electron chi connectivity index (χ1n) is 12.5. The number of hydrogen-bond donors (Lipinski definition) is 0. The molecule has 0 N–H and O–H groups in total. The highest BCUT2D eigenvalue weighted by atomic mass is 79.9. The molecule has 7 rings (SSSR count). The Morgan fingerprint density at radius 2 is 1.25 bits per heavy atom. The van der Waals surface area contributed by atoms with E-state index in [0.29, 0.717) is 0 Å². The predicted octanol–water partition coefficient (Wildman–Crippen LogP) is 9.83. The van der Waals surface area contributed by atoms with Crippen LogP contribution in [0.25, 0.3) is 49.7 Å². The molecule has 0 unspecified atom stereocenters. The summed E-state index contributed by atoms with van der Waals surface area (Å²) in [6.07, 6.45) is 0. The van der Waals surface area contributed by atoms with Crippen molar-refractivity contribution in [3.05, 3.63) is 124 Å². The number of aryl methyl sites for hydroxylation is 1. The Balaban J connectivity index is 1.42. The molecule has 2 heteroatoms. The first kappa shape index (κ1) is 21.6. The smallest absolute Gasteiger partial charge is 0.0541 e. The maximum absolute atomic E-state index is 3.68. The van der Waals surface area contributed by atoms with Crippen molar-refractivity contribution >= 4 is 37.7 Å². The quantitative estimate of drug-likeness (QED) is 0.211. The average molecular weight is 528 g/mol. The zero-order valence-corrected chi connectivity index (χ0v) is 22.2. The summed E-state index contributed by atoms with van der Waals surface area (Å²) in [7, 11) is 0. The maximum Gasteiger partial charge on any atom is 0.0541 e. The van der Waals surface area contributed by atoms with Gasteiger partial charge in [-0.2, -0.15) is 0 Å². The zero-order chi connectivity index (χ0) is 24.6. The lowest BCUT2D eigenvalue weighted by molar-refractivity contribution is 0.660. The lowest BCUT2D eigenvalue weighted by Crippen LogP contribution is -2.15. The normalized spacial score (nSPS) is 13.8. The molecule has 0 atom stereocenters. The molecular formula is C34H26BrN. The van der Waals surface area contributed by atoms with Crippen LogP contribution in [-0.2, 0) is 5.41 Å². The van der Waals surface area contributed by atoms with Crippen LogP contribution in [0, 0.1) is 6.92 Å². The third kappa shape index (κ3) is 3.07. The molecule has 0 amide bonds. The Bertz CT molecular complexity index is 1820. The van der Waals surface area contributed by atoms with Crippen LogP contribution in [0.4, 0.5) is 0 Å². The molecule has 5 aromatic carbocycles. The van der Waals surface area contributed by atoms with Crippen molar-refractivity contribution in [2.75, 3.05) is 0 Å². The Labute approximate surface area is 220 Å². The van der Waals surface area contributed by atoms with Crippen LogP contribution in [0.3, 0.4) is 0 Å². The van der Waals surface area contributed by atoms with Gasteiger partial charge in [0.15, 0.2) is 0 Å². The summed E-state index contributed by atoms with van der Waals surface area (Å²) < 4.78 is 3.52. The van der Waals surface area contributed by atoms with Crippen molar-refractivity contribution in [3.8, 4) is 27.9 Å². The predicted molar refractivity (Wildman–Crippen MR) is 156 cm³/mol. The molecule has 0 bridgehead atoms. The molecule has 1 aliphatic carbocycles. The molecule has 0 saturated heterocycles. The van der Waals surface area contributed by atoms with E-state index < -0.39 is 0 Å². The minimum Gasteiger partial charge on any atom is -0.309 e. The van der Waals surface area contributed by atoms with Crippen molar-refractivity contribution < 1.29 is 0 Å². The van der Waals surface area contributed by atoms with E-state index in [-0.39, 0.29) is 5.41 Å². The van der Waals surface area contributed by atoms with E-state index in [9.17, 15) is 0 Å². The highest BCUT2D eigenvalue weighted by molar-refractivity contribution is 9.10. The van der Waals surface area contributed by atoms with Crippen LogP contribution in [0.5, 0.6) is 0 Å². The van der Waals surface area contributed by atoms with Crippen LogP contribution in [0.1, 0.15) is 30.5 Å². The second-order valence-corrected chi connectivity index (χ2v) is 11.4. The summed E-state index contributed by atoms with van der Waals surface area (Å²) >= 11 is 3.68. The van der Waals surface area contributed by atoms with E-state index in [1.165, 1.54) is 66.4 Å². The molecule has 1 aromatic heterocycles. The van der Waals surface area contributed by atoms with Gasteiger partial charge < -0.3 is 4.57 Å². The Morgan fingerprint density at radius 3 is 2.06 bits per heavy atom. The number of hydrogen-bond acceptors (Lipinski definition) is 0. The molecule has 0 spiro atoms. The van der Waals surface area contributed by atoms with E-state index >= 15 is 0 Å². The van der Waals surface area contributed by atoms with Crippen LogP contribution in [0.2, 0.25) is 0 Å². The van der Waals surface area contributed by atoms with E-state index in [1.807, 2.05) is 0 Å². The number of halogens is 1. The minimum atomic E-state index is -0.0317. The Hall–Kier alpha value is -3.62. The molecular weight excluding hydrogens is 502 g/mol. The van der Waals surface area contributed by atoms with Gasteiger partial charge in [0, 0.05) is 26.3 Å². The molecule has 0 fully saturated rings. The van der Waals surface area contributed by atoms with Crippen molar-refractivity contribution in [1.82, 2.24) is 4.57 Å². The summed E-state index contributed by atoms with van der Waals surface area (Å²) in [6.45, 7) is 6.82. The first-order valence-corrected chi connectivity index (χ1v) is 13.3. The summed E-state index contributed by atoms with van der Waals surface area (Å²) in [4.78, 5) is 0. The summed E-state index contributed by atoms with van der Waals surface area (Å²) in [5.41, 5.74) is 12.9. The zero-order valence-electron chi connectivity index (χ0n) is 20.6. The Morgan fingerprint density at radius 1 is 0.611 bits per heavy atom. The third-order valence-electron chi connectivity index (χ3n) is 7.94. The Kier molecular flexibility index (Phi) is 4.62. The largest absolute Gasteiger partial charge is 0.309 e. The summed E-state index contributed by atoms with van der Waals surface area (Å²) in [6, 6.07) is 38.2. The van der Waals surface area contributed by atoms with E-state index in [2.05, 4.69) is 144 Å². The van der Waals surface area contributed by atoms with Gasteiger partial charge in [-0.1, -0.05) is 89.9 Å². The fraction of sp³-hybridized carbons (Fsp3) is 0.118. The number of benzene rings is 5. The van der Waals surface area contributed by atoms with Crippen LogP contribution < -0.4 is 0 Å². The van der Waals surface area contributed by atoms with Crippen LogP contribution in [0.15, 0.2) is 108 Å². The fourth-order valence-corrected chi connectivity index (χ4v) is 6.37. The van der Waals surface area contributed by atoms with Gasteiger partial charge in [-0.3, -0.25) is 0 Å². The third-order valence-corrected chi connectivity index (χ3v) is 8.43. The molecule has 0 radical (unpaired) electrons. The molecule has 36 heavy (non-hydrogen) atoms. The van der Waals surface area contributed by atoms with Crippen molar-refractivity contribution in [1.29, 1.82) is 0 Å². The molecule has 6 aromatic rings. The fourth-order valence-electron chi connectivity index (χ4n) is 6.01. The molecule has 174 valence electrons. The van der Waals surface area contributed by atoms with Gasteiger partial charge in [0.1, 0.15) is 0 Å². The topological polar surface area (TPSA) is 4.93 Å². The SMILES string of the molecule is Cc1ccc(-n2c3ccccc3c3cc(-c4ccc5c(c4)C(C)(C)c4cc(Br)ccc4-5)ccc32)cc1. The number of aromatic nitrogens is 1. The summed E-state index contributed by atoms with van der Waals surface area (Å²) in [5.74, 6) is 0. The standard InChI is InChI=1S/C34H26BrN/c1-21-8-13-25(14-9-21)36-32-7-5-4-6-28(32)29-18-22(11-17-33(29)36)23-10-15-26-27-16-12-24(35)20-31(27)34(2,3)30(26)19-23/h4-20H,1-3H3. The average Bonchev–Trinajstić information content (AvgIpc) is 3.33. The van der Waals surface area contributed by atoms with E-state index in [4.69, 9.17) is 0 Å². The minimum absolute atomic E-state index is 0.0317. The molecule has 1 heterocycles. The molecule has 0 saturated carbocycles. The van der Waals surface area contributed by atoms with Gasteiger partial charge in [-0.25, -0.2) is 0 Å². The molecule has 1 nitrogen and oxygen atoms in total. The van der Waals surface area contributed by atoms with Crippen LogP contribution in [-0.4, -0.2) is 4.57 Å². The number of fused-ring (bicyclic) bond motifs is 6. The molecule has 0 aliphatic heterocycles. The van der Waals surface area contributed by atoms with Gasteiger partial charge in [0.2, 0.25) is 0 Å². The van der Waals surface area contributed by atoms with Crippen LogP contribution >= 0.6 is 15.9 Å². The number of nitrogens with zero attached hydrogens (tertiary/aromatic N) is 1. The van der Waals surface area contributed by atoms with Crippen molar-refractivity contribution in [3.63, 3.8) is 0 Å². The molecule has 1 aliphatic rings. The van der Waals surface area contributed by atoms with E-state index in [1.54, 1.807) is 0 Å². The van der Waals surface area contributed by atoms with Gasteiger partial charge in [0.25, 0.3) is 0 Å². The van der Waals surface area contributed by atoms with Gasteiger partial charge >= 0.3 is 0 Å². The van der Waals surface area contributed by atoms with Gasteiger partial charge in [-0.15, -0.1) is 0 Å². The monoisotopic (exact) mass is 527 g/mol. The summed E-state index contributed by atoms with van der Waals surface area (Å²) in [5, 5.41) is 2.57. The van der Waals surface area contributed by atoms with Gasteiger partial charge in [0.05, 0.1) is 11.0 Å². The number of para-hydroxylation sites is 1. The highest BCUT2D eigenvalue weighted by Crippen LogP contribution is 2.50. The lowest BCUT2D eigenvalue weighted by atomic mass is 9.81.